The molecule has 0 aromatic rings. The van der Waals surface area contributed by atoms with Crippen LogP contribution in [0, 0.1) is 0 Å². The minimum absolute atomic E-state index is 0.0833. The molecule has 1 saturated heterocycles. The number of nitrogens with zero attached hydrogens (tertiary/aromatic N) is 1. The molecule has 1 N–H and O–H groups in total. The molecule has 0 aliphatic carbocycles. The van der Waals surface area contributed by atoms with Crippen molar-refractivity contribution in [2.24, 2.45) is 0 Å². The fourth-order valence-electron chi connectivity index (χ4n) is 0.660. The van der Waals surface area contributed by atoms with Gasteiger partial charge in [-0.1, -0.05) is 0 Å². The van der Waals surface area contributed by atoms with E-state index in [2.05, 4.69) is 5.32 Å². The van der Waals surface area contributed by atoms with Gasteiger partial charge in [-0.25, -0.2) is 9.59 Å². The van der Waals surface area contributed by atoms with Crippen LogP contribution in [0.25, 0.3) is 0 Å². The summed E-state index contributed by atoms with van der Waals surface area (Å²) in [5, 5.41) is 2.44. The molecule has 0 spiro atoms. The van der Waals surface area contributed by atoms with Crippen LogP contribution in [0.3, 0.4) is 0 Å². The first-order valence-electron chi connectivity index (χ1n) is 2.71. The van der Waals surface area contributed by atoms with Gasteiger partial charge in [-0.15, -0.1) is 0 Å². The van der Waals surface area contributed by atoms with Crippen LogP contribution in [0.1, 0.15) is 0 Å². The highest BCUT2D eigenvalue weighted by molar-refractivity contribution is 5.91. The monoisotopic (exact) mass is 129 g/mol. The normalized spacial score (nSPS) is 24.2. The van der Waals surface area contributed by atoms with Gasteiger partial charge < -0.3 is 0 Å². The summed E-state index contributed by atoms with van der Waals surface area (Å²) in [6.45, 7) is 0.172. The fourth-order valence-corrected chi connectivity index (χ4v) is 0.660. The van der Waals surface area contributed by atoms with E-state index in [0.717, 1.165) is 0 Å². The van der Waals surface area contributed by atoms with Crippen LogP contribution in [-0.4, -0.2) is 37.1 Å². The zero-order valence-corrected chi connectivity index (χ0v) is 5.47. The summed E-state index contributed by atoms with van der Waals surface area (Å²) >= 11 is 0. The van der Waals surface area contributed by atoms with Crippen molar-refractivity contribution in [3.05, 3.63) is 0 Å². The lowest BCUT2D eigenvalue weighted by molar-refractivity contribution is -0.721. The van der Waals surface area contributed by atoms with Crippen molar-refractivity contribution < 1.29 is 14.1 Å². The number of hydrogen-bond donors (Lipinski definition) is 1. The molecule has 0 saturated carbocycles. The van der Waals surface area contributed by atoms with Crippen LogP contribution < -0.4 is 5.32 Å². The molecule has 0 unspecified atom stereocenters. The second-order valence-corrected chi connectivity index (χ2v) is 2.51. The fraction of sp³-hybridized carbons (Fsp3) is 0.600. The van der Waals surface area contributed by atoms with Crippen molar-refractivity contribution in [1.82, 2.24) is 5.32 Å². The smallest absolute Gasteiger partial charge is 0.292 e. The Hall–Kier alpha value is -0.900. The van der Waals surface area contributed by atoms with Crippen LogP contribution in [0.2, 0.25) is 0 Å². The van der Waals surface area contributed by atoms with Crippen molar-refractivity contribution >= 4 is 11.9 Å². The topological polar surface area (TPSA) is 46.2 Å². The highest BCUT2D eigenvalue weighted by atomic mass is 16.2. The van der Waals surface area contributed by atoms with E-state index in [0.29, 0.717) is 0 Å². The van der Waals surface area contributed by atoms with Gasteiger partial charge in [0.1, 0.15) is 6.54 Å². The van der Waals surface area contributed by atoms with Gasteiger partial charge in [0.15, 0.2) is 0 Å². The van der Waals surface area contributed by atoms with Gasteiger partial charge >= 0.3 is 11.9 Å². The van der Waals surface area contributed by atoms with Crippen molar-refractivity contribution in [2.45, 2.75) is 0 Å². The predicted molar refractivity (Wildman–Crippen MR) is 30.5 cm³/mol. The molecular formula is C5H9N2O2+. The summed E-state index contributed by atoms with van der Waals surface area (Å²) in [6.07, 6.45) is 0. The standard InChI is InChI=1S/C5H8N2O2/c1-7(2)4(8)3-6-5(7)9/h3H2,1-2H3/p+1. The molecule has 0 bridgehead atoms. The summed E-state index contributed by atoms with van der Waals surface area (Å²) < 4.78 is -0.167. The Bertz CT molecular complexity index is 156. The number of imide groups is 1. The number of amides is 3. The molecule has 0 aromatic heterocycles. The molecule has 1 fully saturated rings. The molecule has 0 aromatic carbocycles. The highest BCUT2D eigenvalue weighted by Gasteiger charge is 2.41. The number of rotatable bonds is 0. The minimum Gasteiger partial charge on any atom is -0.292 e. The molecule has 1 aliphatic heterocycles. The van der Waals surface area contributed by atoms with Crippen molar-refractivity contribution in [2.75, 3.05) is 20.6 Å². The third-order valence-corrected chi connectivity index (χ3v) is 1.52. The average Bonchev–Trinajstić information content (AvgIpc) is 1.96. The molecule has 1 rings (SSSR count). The zero-order chi connectivity index (χ0) is 7.07. The summed E-state index contributed by atoms with van der Waals surface area (Å²) in [5.41, 5.74) is 0. The van der Waals surface area contributed by atoms with Crippen LogP contribution in [0.5, 0.6) is 0 Å². The first-order valence-corrected chi connectivity index (χ1v) is 2.71. The average molecular weight is 129 g/mol. The number of hydrogen-bond acceptors (Lipinski definition) is 2. The first kappa shape index (κ1) is 6.22. The van der Waals surface area contributed by atoms with Gasteiger partial charge in [0.25, 0.3) is 0 Å². The third-order valence-electron chi connectivity index (χ3n) is 1.52. The summed E-state index contributed by atoms with van der Waals surface area (Å²) in [5.74, 6) is -0.0833. The van der Waals surface area contributed by atoms with Crippen molar-refractivity contribution in [1.29, 1.82) is 0 Å². The number of carbonyl (C=O) groups excluding carboxylic acids is 2. The molecule has 1 aliphatic rings. The van der Waals surface area contributed by atoms with Gasteiger partial charge in [-0.2, -0.15) is 4.48 Å². The molecule has 0 atom stereocenters. The van der Waals surface area contributed by atoms with Gasteiger partial charge in [-0.05, 0) is 0 Å². The Morgan fingerprint density at radius 2 is 2.00 bits per heavy atom. The zero-order valence-electron chi connectivity index (χ0n) is 5.47. The van der Waals surface area contributed by atoms with E-state index in [1.165, 1.54) is 0 Å². The number of nitrogens with one attached hydrogen (secondary N) is 1. The maximum Gasteiger partial charge on any atom is 0.424 e. The Kier molecular flexibility index (Phi) is 1.06. The van der Waals surface area contributed by atoms with E-state index in [9.17, 15) is 9.59 Å². The summed E-state index contributed by atoms with van der Waals surface area (Å²) in [4.78, 5) is 21.5. The minimum atomic E-state index is -0.222. The number of carbonyl (C=O) groups is 2. The highest BCUT2D eigenvalue weighted by Crippen LogP contribution is 2.04. The second kappa shape index (κ2) is 1.54. The van der Waals surface area contributed by atoms with Gasteiger partial charge in [-0.3, -0.25) is 5.32 Å². The molecule has 3 amide bonds. The molecule has 1 heterocycles. The van der Waals surface area contributed by atoms with E-state index < -0.39 is 0 Å². The third kappa shape index (κ3) is 0.712. The largest absolute Gasteiger partial charge is 0.424 e. The summed E-state index contributed by atoms with van der Waals surface area (Å²) in [7, 11) is 3.15. The molecular weight excluding hydrogens is 120 g/mol. The molecule has 9 heavy (non-hydrogen) atoms. The van der Waals surface area contributed by atoms with Gasteiger partial charge in [0.2, 0.25) is 0 Å². The lowest BCUT2D eigenvalue weighted by atomic mass is 10.5. The van der Waals surface area contributed by atoms with Crippen LogP contribution in [0.15, 0.2) is 0 Å². The molecule has 4 heteroatoms. The first-order chi connectivity index (χ1) is 4.05. The SMILES string of the molecule is C[N+]1(C)C(=O)CNC1=O. The lowest BCUT2D eigenvalue weighted by Gasteiger charge is -2.13. The second-order valence-electron chi connectivity index (χ2n) is 2.51. The maximum atomic E-state index is 10.8. The Balaban J connectivity index is 2.91. The van der Waals surface area contributed by atoms with Gasteiger partial charge in [0, 0.05) is 0 Å². The van der Waals surface area contributed by atoms with Gasteiger partial charge in [0.05, 0.1) is 14.1 Å². The summed E-state index contributed by atoms with van der Waals surface area (Å²) in [6, 6.07) is -0.222. The van der Waals surface area contributed by atoms with Crippen molar-refractivity contribution in [3.63, 3.8) is 0 Å². The quantitative estimate of drug-likeness (QED) is 0.347. The molecule has 0 radical (unpaired) electrons. The predicted octanol–water partition coefficient (Wildman–Crippen LogP) is -0.687. The molecule has 4 nitrogen and oxygen atoms in total. The lowest BCUT2D eigenvalue weighted by Crippen LogP contribution is -2.45. The van der Waals surface area contributed by atoms with E-state index in [1.807, 2.05) is 0 Å². The number of quaternary nitrogens is 1. The maximum absolute atomic E-state index is 10.8. The van der Waals surface area contributed by atoms with E-state index in [1.54, 1.807) is 14.1 Å². The van der Waals surface area contributed by atoms with E-state index in [4.69, 9.17) is 0 Å². The van der Waals surface area contributed by atoms with E-state index >= 15 is 0 Å². The van der Waals surface area contributed by atoms with Crippen molar-refractivity contribution in [3.8, 4) is 0 Å². The number of likely N-dealkylation sites (N-methyl/N-ethyl adjacent to an activating group) is 1. The van der Waals surface area contributed by atoms with Crippen LogP contribution in [-0.2, 0) is 4.79 Å². The van der Waals surface area contributed by atoms with E-state index in [-0.39, 0.29) is 23.0 Å². The Labute approximate surface area is 53.0 Å². The van der Waals surface area contributed by atoms with Crippen LogP contribution >= 0.6 is 0 Å². The Morgan fingerprint density at radius 3 is 2.11 bits per heavy atom. The Morgan fingerprint density at radius 1 is 1.44 bits per heavy atom. The number of urea groups is 1. The van der Waals surface area contributed by atoms with Crippen LogP contribution in [0.4, 0.5) is 4.79 Å². The molecule has 50 valence electrons.